The zero-order valence-corrected chi connectivity index (χ0v) is 11.3. The van der Waals surface area contributed by atoms with Crippen LogP contribution in [0.3, 0.4) is 0 Å². The van der Waals surface area contributed by atoms with Crippen molar-refractivity contribution in [3.05, 3.63) is 22.4 Å². The van der Waals surface area contributed by atoms with Crippen molar-refractivity contribution in [3.8, 4) is 5.75 Å². The first kappa shape index (κ1) is 14.2. The first-order valence-corrected chi connectivity index (χ1v) is 6.98. The Bertz CT molecular complexity index is 506. The molecule has 96 valence electrons. The number of benzene rings is 1. The molecular formula is C9H11BrFNO4S. The molecule has 0 radical (unpaired) electrons. The molecule has 2 N–H and O–H groups in total. The third kappa shape index (κ3) is 3.83. The van der Waals surface area contributed by atoms with Gasteiger partial charge in [-0.05, 0) is 28.1 Å². The quantitative estimate of drug-likeness (QED) is 0.807. The lowest BCUT2D eigenvalue weighted by Crippen LogP contribution is -2.20. The fourth-order valence-electron chi connectivity index (χ4n) is 1.04. The van der Waals surface area contributed by atoms with Gasteiger partial charge in [-0.25, -0.2) is 12.8 Å². The van der Waals surface area contributed by atoms with Crippen LogP contribution in [0.4, 0.5) is 10.1 Å². The minimum Gasteiger partial charge on any atom is -0.506 e. The van der Waals surface area contributed by atoms with Crippen LogP contribution < -0.4 is 4.72 Å². The molecule has 0 unspecified atom stereocenters. The van der Waals surface area contributed by atoms with E-state index >= 15 is 0 Å². The Labute approximate surface area is 107 Å². The van der Waals surface area contributed by atoms with Crippen molar-refractivity contribution in [3.63, 3.8) is 0 Å². The smallest absolute Gasteiger partial charge is 0.235 e. The Morgan fingerprint density at radius 2 is 2.18 bits per heavy atom. The third-order valence-electron chi connectivity index (χ3n) is 1.89. The standard InChI is InChI=1S/C9H11BrFNO4S/c1-16-4-5-17(14,15)12-9-7(13)3-2-6(10)8(9)11/h2-3,12-13H,4-5H2,1H3. The zero-order chi connectivity index (χ0) is 13.1. The maximum absolute atomic E-state index is 13.5. The SMILES string of the molecule is COCCS(=O)(=O)Nc1c(O)ccc(Br)c1F. The van der Waals surface area contributed by atoms with Crippen LogP contribution >= 0.6 is 15.9 Å². The van der Waals surface area contributed by atoms with Crippen molar-refractivity contribution in [2.24, 2.45) is 0 Å². The predicted molar refractivity (Wildman–Crippen MR) is 65.1 cm³/mol. The maximum atomic E-state index is 13.5. The molecule has 1 aromatic rings. The molecule has 0 saturated heterocycles. The van der Waals surface area contributed by atoms with Crippen LogP contribution in [0.25, 0.3) is 0 Å². The normalized spacial score (nSPS) is 11.5. The molecule has 0 aliphatic carbocycles. The van der Waals surface area contributed by atoms with Crippen molar-refractivity contribution >= 4 is 31.6 Å². The van der Waals surface area contributed by atoms with E-state index in [4.69, 9.17) is 0 Å². The lowest BCUT2D eigenvalue weighted by atomic mass is 10.3. The molecular weight excluding hydrogens is 317 g/mol. The molecule has 1 rings (SSSR count). The molecule has 1 aromatic carbocycles. The van der Waals surface area contributed by atoms with Crippen molar-refractivity contribution in [2.45, 2.75) is 0 Å². The van der Waals surface area contributed by atoms with Gasteiger partial charge in [0, 0.05) is 7.11 Å². The van der Waals surface area contributed by atoms with E-state index in [1.54, 1.807) is 0 Å². The maximum Gasteiger partial charge on any atom is 0.235 e. The number of hydrogen-bond acceptors (Lipinski definition) is 4. The summed E-state index contributed by atoms with van der Waals surface area (Å²) >= 11 is 2.89. The van der Waals surface area contributed by atoms with Crippen LogP contribution in [0, 0.1) is 5.82 Å². The van der Waals surface area contributed by atoms with Gasteiger partial charge < -0.3 is 9.84 Å². The number of phenolic OH excluding ortho intramolecular Hbond substituents is 1. The van der Waals surface area contributed by atoms with Gasteiger partial charge in [0.15, 0.2) is 5.82 Å². The number of nitrogens with one attached hydrogen (secondary N) is 1. The van der Waals surface area contributed by atoms with Crippen LogP contribution in [-0.2, 0) is 14.8 Å². The molecule has 0 aliphatic rings. The van der Waals surface area contributed by atoms with E-state index in [0.717, 1.165) is 0 Å². The highest BCUT2D eigenvalue weighted by Gasteiger charge is 2.18. The van der Waals surface area contributed by atoms with E-state index in [-0.39, 0.29) is 16.8 Å². The molecule has 5 nitrogen and oxygen atoms in total. The number of phenols is 1. The molecule has 0 aromatic heterocycles. The number of sulfonamides is 1. The second-order valence-electron chi connectivity index (χ2n) is 3.17. The van der Waals surface area contributed by atoms with Gasteiger partial charge in [0.05, 0.1) is 16.8 Å². The highest BCUT2D eigenvalue weighted by molar-refractivity contribution is 9.10. The lowest BCUT2D eigenvalue weighted by Gasteiger charge is -2.10. The number of rotatable bonds is 5. The van der Waals surface area contributed by atoms with E-state index in [0.29, 0.717) is 0 Å². The van der Waals surface area contributed by atoms with Crippen molar-refractivity contribution < 1.29 is 22.7 Å². The molecule has 0 aliphatic heterocycles. The fourth-order valence-corrected chi connectivity index (χ4v) is 2.36. The van der Waals surface area contributed by atoms with Crippen LogP contribution in [0.2, 0.25) is 0 Å². The van der Waals surface area contributed by atoms with Crippen molar-refractivity contribution in [1.29, 1.82) is 0 Å². The van der Waals surface area contributed by atoms with Crippen molar-refractivity contribution in [2.75, 3.05) is 24.2 Å². The van der Waals surface area contributed by atoms with Gasteiger partial charge in [-0.1, -0.05) is 0 Å². The number of anilines is 1. The second-order valence-corrected chi connectivity index (χ2v) is 5.87. The Morgan fingerprint density at radius 1 is 1.53 bits per heavy atom. The van der Waals surface area contributed by atoms with Gasteiger partial charge in [-0.2, -0.15) is 0 Å². The summed E-state index contributed by atoms with van der Waals surface area (Å²) in [5.74, 6) is -1.67. The first-order chi connectivity index (χ1) is 7.87. The largest absolute Gasteiger partial charge is 0.506 e. The minimum absolute atomic E-state index is 0.0221. The monoisotopic (exact) mass is 327 g/mol. The molecule has 0 spiro atoms. The Morgan fingerprint density at radius 3 is 2.76 bits per heavy atom. The van der Waals surface area contributed by atoms with Gasteiger partial charge in [0.25, 0.3) is 0 Å². The van der Waals surface area contributed by atoms with Crippen LogP contribution in [0.15, 0.2) is 16.6 Å². The van der Waals surface area contributed by atoms with E-state index in [2.05, 4.69) is 20.7 Å². The zero-order valence-electron chi connectivity index (χ0n) is 8.91. The summed E-state index contributed by atoms with van der Waals surface area (Å²) in [4.78, 5) is 0. The number of ether oxygens (including phenoxy) is 1. The Balaban J connectivity index is 2.99. The van der Waals surface area contributed by atoms with E-state index < -0.39 is 27.3 Å². The average Bonchev–Trinajstić information content (AvgIpc) is 2.27. The Hall–Kier alpha value is -0.860. The first-order valence-electron chi connectivity index (χ1n) is 4.54. The summed E-state index contributed by atoms with van der Waals surface area (Å²) in [7, 11) is -2.40. The number of halogens is 2. The van der Waals surface area contributed by atoms with Crippen LogP contribution in [0.1, 0.15) is 0 Å². The van der Waals surface area contributed by atoms with E-state index in [1.165, 1.54) is 19.2 Å². The summed E-state index contributed by atoms with van der Waals surface area (Å²) in [6.07, 6.45) is 0. The van der Waals surface area contributed by atoms with Crippen LogP contribution in [-0.4, -0.2) is 33.0 Å². The minimum atomic E-state index is -3.75. The molecule has 0 bridgehead atoms. The van der Waals surface area contributed by atoms with E-state index in [1.807, 2.05) is 4.72 Å². The highest BCUT2D eigenvalue weighted by Crippen LogP contribution is 2.32. The fraction of sp³-hybridized carbons (Fsp3) is 0.333. The van der Waals surface area contributed by atoms with E-state index in [9.17, 15) is 17.9 Å². The summed E-state index contributed by atoms with van der Waals surface area (Å²) in [6, 6.07) is 2.46. The van der Waals surface area contributed by atoms with Gasteiger partial charge in [0.1, 0.15) is 11.4 Å². The molecule has 0 atom stereocenters. The summed E-state index contributed by atoms with van der Waals surface area (Å²) < 4.78 is 43.2. The van der Waals surface area contributed by atoms with Gasteiger partial charge in [-0.15, -0.1) is 0 Å². The second kappa shape index (κ2) is 5.65. The molecule has 8 heteroatoms. The molecule has 0 fully saturated rings. The number of methoxy groups -OCH3 is 1. The van der Waals surface area contributed by atoms with Crippen molar-refractivity contribution in [1.82, 2.24) is 0 Å². The van der Waals surface area contributed by atoms with Gasteiger partial charge in [-0.3, -0.25) is 4.72 Å². The molecule has 0 saturated carbocycles. The van der Waals surface area contributed by atoms with Gasteiger partial charge in [0.2, 0.25) is 10.0 Å². The summed E-state index contributed by atoms with van der Waals surface area (Å²) in [6.45, 7) is -0.0221. The van der Waals surface area contributed by atoms with Crippen LogP contribution in [0.5, 0.6) is 5.75 Å². The predicted octanol–water partition coefficient (Wildman–Crippen LogP) is 1.68. The summed E-state index contributed by atoms with van der Waals surface area (Å²) in [5.41, 5.74) is -0.476. The van der Waals surface area contributed by atoms with Gasteiger partial charge >= 0.3 is 0 Å². The number of hydrogen-bond donors (Lipinski definition) is 2. The summed E-state index contributed by atoms with van der Waals surface area (Å²) in [5, 5.41) is 9.39. The molecule has 17 heavy (non-hydrogen) atoms. The highest BCUT2D eigenvalue weighted by atomic mass is 79.9. The topological polar surface area (TPSA) is 75.6 Å². The molecule has 0 heterocycles. The Kier molecular flexibility index (Phi) is 4.72. The average molecular weight is 328 g/mol. The third-order valence-corrected chi connectivity index (χ3v) is 3.72. The lowest BCUT2D eigenvalue weighted by molar-refractivity contribution is 0.217. The molecule has 0 amide bonds. The number of aromatic hydroxyl groups is 1.